The lowest BCUT2D eigenvalue weighted by molar-refractivity contribution is 0.418. The Hall–Kier alpha value is -2.56. The van der Waals surface area contributed by atoms with E-state index in [0.717, 1.165) is 5.57 Å². The summed E-state index contributed by atoms with van der Waals surface area (Å²) in [6, 6.07) is 0. The van der Waals surface area contributed by atoms with Crippen molar-refractivity contribution < 1.29 is 10.2 Å². The van der Waals surface area contributed by atoms with Gasteiger partial charge in [-0.25, -0.2) is 0 Å². The first-order valence-electron chi connectivity index (χ1n) is 7.69. The van der Waals surface area contributed by atoms with Crippen LogP contribution in [-0.4, -0.2) is 36.4 Å². The maximum Gasteiger partial charge on any atom is 0.120 e. The van der Waals surface area contributed by atoms with Crippen molar-refractivity contribution >= 4 is 0 Å². The molecule has 0 spiro atoms. The first-order valence-corrected chi connectivity index (χ1v) is 7.69. The van der Waals surface area contributed by atoms with E-state index in [1.165, 1.54) is 12.2 Å². The van der Waals surface area contributed by atoms with E-state index >= 15 is 0 Å². The molecule has 130 valence electrons. The van der Waals surface area contributed by atoms with Crippen LogP contribution in [0.2, 0.25) is 0 Å². The highest BCUT2D eigenvalue weighted by Gasteiger charge is 2.02. The molecule has 0 aliphatic carbocycles. The Morgan fingerprint density at radius 3 is 2.00 bits per heavy atom. The molecule has 0 fully saturated rings. The van der Waals surface area contributed by atoms with Gasteiger partial charge >= 0.3 is 0 Å². The van der Waals surface area contributed by atoms with E-state index in [1.54, 1.807) is 36.5 Å². The van der Waals surface area contributed by atoms with E-state index in [2.05, 4.69) is 36.9 Å². The molecule has 0 radical (unpaired) electrons. The van der Waals surface area contributed by atoms with Gasteiger partial charge in [-0.15, -0.1) is 0 Å². The minimum atomic E-state index is 0.168. The van der Waals surface area contributed by atoms with Gasteiger partial charge in [0.05, 0.1) is 0 Å². The second kappa shape index (κ2) is 14.1. The summed E-state index contributed by atoms with van der Waals surface area (Å²) in [6.07, 6.45) is 12.9. The van der Waals surface area contributed by atoms with Gasteiger partial charge in [-0.1, -0.05) is 62.8 Å². The standard InChI is InChI=1S/C20H28N2O2/c1-5-9-12-20(24)17(8-4)15-21-13-14-22-16-18(10-6-2)19(23)11-7-3/h5-12,21-24H,1-4,13-16H2/b12-9-,18-10-,19-11+,20-17-. The van der Waals surface area contributed by atoms with Crippen LogP contribution in [0, 0.1) is 0 Å². The van der Waals surface area contributed by atoms with Crippen LogP contribution in [0.3, 0.4) is 0 Å². The molecule has 0 saturated carbocycles. The molecule has 0 atom stereocenters. The highest BCUT2D eigenvalue weighted by atomic mass is 16.3. The summed E-state index contributed by atoms with van der Waals surface area (Å²) in [5, 5.41) is 26.1. The van der Waals surface area contributed by atoms with E-state index in [1.807, 2.05) is 0 Å². The number of aliphatic hydroxyl groups is 2. The SMILES string of the molecule is C=C/C=C\C(O)=C(/C=C)CNCCNCC(=C/C=C)/C(O)=C\C=C. The molecule has 24 heavy (non-hydrogen) atoms. The normalized spacial score (nSPS) is 13.5. The monoisotopic (exact) mass is 328 g/mol. The minimum Gasteiger partial charge on any atom is -0.508 e. The molecule has 0 amide bonds. The van der Waals surface area contributed by atoms with Gasteiger partial charge in [0.1, 0.15) is 11.5 Å². The molecule has 0 aromatic carbocycles. The predicted octanol–water partition coefficient (Wildman–Crippen LogP) is 3.65. The van der Waals surface area contributed by atoms with Crippen molar-refractivity contribution in [1.29, 1.82) is 0 Å². The van der Waals surface area contributed by atoms with Gasteiger partial charge in [-0.3, -0.25) is 0 Å². The number of aliphatic hydroxyl groups excluding tert-OH is 2. The first kappa shape index (κ1) is 21.4. The molecule has 0 heterocycles. The van der Waals surface area contributed by atoms with Crippen LogP contribution in [0.1, 0.15) is 0 Å². The van der Waals surface area contributed by atoms with Crippen LogP contribution in [0.5, 0.6) is 0 Å². The third-order valence-corrected chi connectivity index (χ3v) is 3.00. The lowest BCUT2D eigenvalue weighted by Gasteiger charge is -2.10. The van der Waals surface area contributed by atoms with Crippen LogP contribution in [0.15, 0.2) is 97.6 Å². The smallest absolute Gasteiger partial charge is 0.120 e. The molecule has 0 unspecified atom stereocenters. The Morgan fingerprint density at radius 2 is 1.46 bits per heavy atom. The maximum atomic E-state index is 9.85. The van der Waals surface area contributed by atoms with Crippen LogP contribution >= 0.6 is 0 Å². The first-order chi connectivity index (χ1) is 11.6. The predicted molar refractivity (Wildman–Crippen MR) is 104 cm³/mol. The molecular formula is C20H28N2O2. The number of nitrogens with one attached hydrogen (secondary N) is 2. The highest BCUT2D eigenvalue weighted by molar-refractivity contribution is 5.31. The molecule has 0 aromatic rings. The van der Waals surface area contributed by atoms with Crippen molar-refractivity contribution in [3.8, 4) is 0 Å². The van der Waals surface area contributed by atoms with Crippen LogP contribution < -0.4 is 10.6 Å². The molecular weight excluding hydrogens is 300 g/mol. The van der Waals surface area contributed by atoms with Crippen LogP contribution in [0.4, 0.5) is 0 Å². The summed E-state index contributed by atoms with van der Waals surface area (Å²) in [6.45, 7) is 16.9. The molecule has 0 aromatic heterocycles. The summed E-state index contributed by atoms with van der Waals surface area (Å²) in [5.41, 5.74) is 1.45. The molecule has 4 nitrogen and oxygen atoms in total. The molecule has 0 rings (SSSR count). The van der Waals surface area contributed by atoms with Crippen molar-refractivity contribution in [3.05, 3.63) is 97.6 Å². The fourth-order valence-electron chi connectivity index (χ4n) is 1.75. The highest BCUT2D eigenvalue weighted by Crippen LogP contribution is 2.06. The zero-order chi connectivity index (χ0) is 18.2. The lowest BCUT2D eigenvalue weighted by Crippen LogP contribution is -2.30. The molecule has 0 bridgehead atoms. The van der Waals surface area contributed by atoms with Crippen molar-refractivity contribution in [3.63, 3.8) is 0 Å². The summed E-state index contributed by atoms with van der Waals surface area (Å²) >= 11 is 0. The van der Waals surface area contributed by atoms with E-state index < -0.39 is 0 Å². The Bertz CT molecular complexity index is 552. The summed E-state index contributed by atoms with van der Waals surface area (Å²) in [5.74, 6) is 0.335. The van der Waals surface area contributed by atoms with E-state index in [0.29, 0.717) is 31.8 Å². The molecule has 0 aliphatic rings. The third kappa shape index (κ3) is 9.46. The summed E-state index contributed by atoms with van der Waals surface area (Å²) < 4.78 is 0. The van der Waals surface area contributed by atoms with Gasteiger partial charge in [0.25, 0.3) is 0 Å². The Morgan fingerprint density at radius 1 is 0.833 bits per heavy atom. The van der Waals surface area contributed by atoms with E-state index in [4.69, 9.17) is 0 Å². The fraction of sp³-hybridized carbons (Fsp3) is 0.200. The number of hydrogen-bond donors (Lipinski definition) is 4. The zero-order valence-electron chi connectivity index (χ0n) is 14.2. The molecule has 0 saturated heterocycles. The molecule has 4 heteroatoms. The van der Waals surface area contributed by atoms with E-state index in [-0.39, 0.29) is 11.5 Å². The zero-order valence-corrected chi connectivity index (χ0v) is 14.2. The number of allylic oxidation sites excluding steroid dienone is 7. The summed E-state index contributed by atoms with van der Waals surface area (Å²) in [4.78, 5) is 0. The maximum absolute atomic E-state index is 9.85. The number of rotatable bonds is 13. The minimum absolute atomic E-state index is 0.168. The van der Waals surface area contributed by atoms with Crippen LogP contribution in [0.25, 0.3) is 0 Å². The topological polar surface area (TPSA) is 64.5 Å². The largest absolute Gasteiger partial charge is 0.508 e. The van der Waals surface area contributed by atoms with Crippen molar-refractivity contribution in [2.75, 3.05) is 26.2 Å². The van der Waals surface area contributed by atoms with Crippen molar-refractivity contribution in [1.82, 2.24) is 10.6 Å². The Labute approximate surface area is 145 Å². The fourth-order valence-corrected chi connectivity index (χ4v) is 1.75. The Kier molecular flexibility index (Phi) is 12.6. The van der Waals surface area contributed by atoms with Crippen LogP contribution in [-0.2, 0) is 0 Å². The van der Waals surface area contributed by atoms with Gasteiger partial charge < -0.3 is 20.8 Å². The second-order valence-corrected chi connectivity index (χ2v) is 4.78. The molecule has 4 N–H and O–H groups in total. The van der Waals surface area contributed by atoms with Gasteiger partial charge in [0.15, 0.2) is 0 Å². The number of hydrogen-bond acceptors (Lipinski definition) is 4. The average molecular weight is 328 g/mol. The van der Waals surface area contributed by atoms with Gasteiger partial charge in [0.2, 0.25) is 0 Å². The van der Waals surface area contributed by atoms with Crippen molar-refractivity contribution in [2.45, 2.75) is 0 Å². The summed E-state index contributed by atoms with van der Waals surface area (Å²) in [7, 11) is 0. The third-order valence-electron chi connectivity index (χ3n) is 3.00. The van der Waals surface area contributed by atoms with Gasteiger partial charge in [-0.05, 0) is 12.2 Å². The van der Waals surface area contributed by atoms with E-state index in [9.17, 15) is 10.2 Å². The van der Waals surface area contributed by atoms with Gasteiger partial charge in [-0.2, -0.15) is 0 Å². The van der Waals surface area contributed by atoms with Gasteiger partial charge in [0, 0.05) is 37.3 Å². The second-order valence-electron chi connectivity index (χ2n) is 4.78. The van der Waals surface area contributed by atoms with Crippen molar-refractivity contribution in [2.24, 2.45) is 0 Å². The molecule has 0 aliphatic heterocycles. The lowest BCUT2D eigenvalue weighted by atomic mass is 10.2. The quantitative estimate of drug-likeness (QED) is 0.237. The Balaban J connectivity index is 4.28. The average Bonchev–Trinajstić information content (AvgIpc) is 2.58.